The molecule has 4 N–H and O–H groups in total. The summed E-state index contributed by atoms with van der Waals surface area (Å²) in [5, 5.41) is 1.45. The molecule has 24 heavy (non-hydrogen) atoms. The average Bonchev–Trinajstić information content (AvgIpc) is 2.46. The van der Waals surface area contributed by atoms with Gasteiger partial charge in [-0.25, -0.2) is 10.6 Å². The number of nitrogens with zero attached hydrogens (tertiary/aromatic N) is 1. The van der Waals surface area contributed by atoms with Crippen molar-refractivity contribution in [1.29, 1.82) is 0 Å². The number of esters is 1. The lowest BCUT2D eigenvalue weighted by Crippen LogP contribution is -2.38. The minimum absolute atomic E-state index is 0.250. The van der Waals surface area contributed by atoms with Crippen LogP contribution in [-0.2, 0) is 4.74 Å². The number of carbonyl (C=O) groups excluding carboxylic acids is 1. The van der Waals surface area contributed by atoms with Crippen LogP contribution in [0.4, 0.5) is 0 Å². The van der Waals surface area contributed by atoms with Crippen LogP contribution in [0.2, 0.25) is 0 Å². The number of hydrogen-bond acceptors (Lipinski definition) is 5. The first-order valence-electron chi connectivity index (χ1n) is 8.17. The molecule has 134 valence electrons. The Morgan fingerprint density at radius 3 is 2.29 bits per heavy atom. The second-order valence-electron chi connectivity index (χ2n) is 7.71. The highest BCUT2D eigenvalue weighted by Crippen LogP contribution is 2.40. The van der Waals surface area contributed by atoms with Crippen LogP contribution < -0.4 is 11.6 Å². The Kier molecular flexibility index (Phi) is 6.43. The quantitative estimate of drug-likeness (QED) is 0.454. The van der Waals surface area contributed by atoms with Gasteiger partial charge in [0.1, 0.15) is 6.10 Å². The van der Waals surface area contributed by atoms with E-state index in [2.05, 4.69) is 27.7 Å². The summed E-state index contributed by atoms with van der Waals surface area (Å²) in [5.41, 5.74) is 6.92. The van der Waals surface area contributed by atoms with Gasteiger partial charge < -0.3 is 15.5 Å². The molecule has 1 atom stereocenters. The number of carbonyl (C=O) groups is 1. The Morgan fingerprint density at radius 2 is 1.79 bits per heavy atom. The highest BCUT2D eigenvalue weighted by Gasteiger charge is 2.36. The van der Waals surface area contributed by atoms with E-state index in [1.807, 2.05) is 25.1 Å². The third-order valence-corrected chi connectivity index (χ3v) is 4.42. The van der Waals surface area contributed by atoms with E-state index in [0.717, 1.165) is 6.42 Å². The summed E-state index contributed by atoms with van der Waals surface area (Å²) in [7, 11) is 1.73. The highest BCUT2D eigenvalue weighted by molar-refractivity contribution is 5.89. The van der Waals surface area contributed by atoms with Gasteiger partial charge in [0.2, 0.25) is 0 Å². The van der Waals surface area contributed by atoms with Crippen molar-refractivity contribution in [3.8, 4) is 0 Å². The molecule has 0 aliphatic rings. The molecule has 5 nitrogen and oxygen atoms in total. The van der Waals surface area contributed by atoms with E-state index in [1.54, 1.807) is 25.4 Å². The van der Waals surface area contributed by atoms with Crippen molar-refractivity contribution in [2.45, 2.75) is 47.1 Å². The van der Waals surface area contributed by atoms with Gasteiger partial charge in [0, 0.05) is 29.8 Å². The van der Waals surface area contributed by atoms with Gasteiger partial charge in [-0.3, -0.25) is 0 Å². The van der Waals surface area contributed by atoms with Crippen molar-refractivity contribution < 1.29 is 9.53 Å². The number of hydrazine groups is 1. The third kappa shape index (κ3) is 5.57. The number of ether oxygens (including phenoxy) is 1. The standard InChI is InChI=1S/C19H31N3O2/c1-14(24-17(23)15-10-8-7-9-11-15)18(2,3)13-19(4,5)16(20)12-22(6)21/h7-12,14H,13,20-21H2,1-6H3/b16-12-. The van der Waals surface area contributed by atoms with E-state index in [0.29, 0.717) is 11.3 Å². The Labute approximate surface area is 145 Å². The number of benzene rings is 1. The van der Waals surface area contributed by atoms with Gasteiger partial charge in [-0.15, -0.1) is 0 Å². The van der Waals surface area contributed by atoms with Crippen LogP contribution in [0.3, 0.4) is 0 Å². The van der Waals surface area contributed by atoms with Gasteiger partial charge in [0.05, 0.1) is 5.56 Å². The average molecular weight is 333 g/mol. The van der Waals surface area contributed by atoms with E-state index in [4.69, 9.17) is 16.3 Å². The van der Waals surface area contributed by atoms with Gasteiger partial charge in [-0.05, 0) is 25.5 Å². The lowest BCUT2D eigenvalue weighted by molar-refractivity contribution is -0.0111. The van der Waals surface area contributed by atoms with E-state index in [1.165, 1.54) is 5.01 Å². The molecule has 0 aromatic heterocycles. The molecule has 1 unspecified atom stereocenters. The van der Waals surface area contributed by atoms with E-state index < -0.39 is 0 Å². The lowest BCUT2D eigenvalue weighted by Gasteiger charge is -2.39. The maximum absolute atomic E-state index is 12.3. The summed E-state index contributed by atoms with van der Waals surface area (Å²) >= 11 is 0. The molecule has 0 aliphatic carbocycles. The van der Waals surface area contributed by atoms with Crippen LogP contribution in [0.1, 0.15) is 51.4 Å². The lowest BCUT2D eigenvalue weighted by atomic mass is 9.71. The summed E-state index contributed by atoms with van der Waals surface area (Å²) in [4.78, 5) is 12.3. The van der Waals surface area contributed by atoms with E-state index in [-0.39, 0.29) is 22.9 Å². The summed E-state index contributed by atoms with van der Waals surface area (Å²) in [6.07, 6.45) is 2.21. The second-order valence-corrected chi connectivity index (χ2v) is 7.71. The van der Waals surface area contributed by atoms with Crippen molar-refractivity contribution in [3.63, 3.8) is 0 Å². The highest BCUT2D eigenvalue weighted by atomic mass is 16.5. The van der Waals surface area contributed by atoms with Crippen molar-refractivity contribution >= 4 is 5.97 Å². The van der Waals surface area contributed by atoms with E-state index >= 15 is 0 Å². The smallest absolute Gasteiger partial charge is 0.338 e. The monoisotopic (exact) mass is 333 g/mol. The summed E-state index contributed by atoms with van der Waals surface area (Å²) in [6, 6.07) is 9.03. The van der Waals surface area contributed by atoms with Crippen molar-refractivity contribution in [2.75, 3.05) is 7.05 Å². The first kappa shape index (κ1) is 20.0. The fourth-order valence-electron chi connectivity index (χ4n) is 2.74. The molecule has 0 amide bonds. The van der Waals surface area contributed by atoms with Crippen LogP contribution in [0, 0.1) is 10.8 Å². The van der Waals surface area contributed by atoms with Crippen LogP contribution in [-0.4, -0.2) is 24.1 Å². The zero-order valence-electron chi connectivity index (χ0n) is 15.7. The van der Waals surface area contributed by atoms with E-state index in [9.17, 15) is 4.79 Å². The molecular weight excluding hydrogens is 302 g/mol. The van der Waals surface area contributed by atoms with Crippen molar-refractivity contribution in [2.24, 2.45) is 22.4 Å². The first-order chi connectivity index (χ1) is 11.0. The van der Waals surface area contributed by atoms with Crippen LogP contribution in [0.15, 0.2) is 42.2 Å². The normalized spacial score (nSPS) is 14.2. The van der Waals surface area contributed by atoms with Crippen LogP contribution in [0.5, 0.6) is 0 Å². The maximum Gasteiger partial charge on any atom is 0.338 e. The van der Waals surface area contributed by atoms with Gasteiger partial charge >= 0.3 is 5.97 Å². The number of hydrogen-bond donors (Lipinski definition) is 2. The molecule has 0 aliphatic heterocycles. The third-order valence-electron chi connectivity index (χ3n) is 4.42. The van der Waals surface area contributed by atoms with Crippen LogP contribution >= 0.6 is 0 Å². The fraction of sp³-hybridized carbons (Fsp3) is 0.526. The van der Waals surface area contributed by atoms with Crippen molar-refractivity contribution in [1.82, 2.24) is 5.01 Å². The molecule has 0 bridgehead atoms. The molecule has 0 saturated heterocycles. The molecule has 0 radical (unpaired) electrons. The van der Waals surface area contributed by atoms with Gasteiger partial charge in [0.25, 0.3) is 0 Å². The number of nitrogens with two attached hydrogens (primary N) is 2. The largest absolute Gasteiger partial charge is 0.459 e. The molecule has 5 heteroatoms. The summed E-state index contributed by atoms with van der Waals surface area (Å²) in [5.74, 6) is 5.35. The van der Waals surface area contributed by atoms with Gasteiger partial charge in [-0.2, -0.15) is 0 Å². The molecular formula is C19H31N3O2. The minimum Gasteiger partial charge on any atom is -0.459 e. The SMILES string of the molecule is CC(OC(=O)c1ccccc1)C(C)(C)CC(C)(C)/C(N)=C/N(C)N. The minimum atomic E-state index is -0.306. The molecule has 0 heterocycles. The number of rotatable bonds is 7. The van der Waals surface area contributed by atoms with Gasteiger partial charge in [0.15, 0.2) is 0 Å². The zero-order chi connectivity index (χ0) is 18.5. The predicted octanol–water partition coefficient (Wildman–Crippen LogP) is 3.28. The number of allylic oxidation sites excluding steroid dienone is 1. The maximum atomic E-state index is 12.3. The molecule has 0 spiro atoms. The zero-order valence-corrected chi connectivity index (χ0v) is 15.7. The van der Waals surface area contributed by atoms with Crippen LogP contribution in [0.25, 0.3) is 0 Å². The van der Waals surface area contributed by atoms with Crippen molar-refractivity contribution in [3.05, 3.63) is 47.8 Å². The Balaban J connectivity index is 2.81. The first-order valence-corrected chi connectivity index (χ1v) is 8.17. The Hall–Kier alpha value is -2.01. The topological polar surface area (TPSA) is 81.6 Å². The fourth-order valence-corrected chi connectivity index (χ4v) is 2.74. The predicted molar refractivity (Wildman–Crippen MR) is 97.7 cm³/mol. The Morgan fingerprint density at radius 1 is 1.25 bits per heavy atom. The molecule has 0 fully saturated rings. The molecule has 1 aromatic rings. The van der Waals surface area contributed by atoms with Gasteiger partial charge in [-0.1, -0.05) is 45.9 Å². The Bertz CT molecular complexity index is 578. The molecule has 1 aromatic carbocycles. The molecule has 0 saturated carbocycles. The summed E-state index contributed by atoms with van der Waals surface area (Å²) in [6.45, 7) is 10.2. The summed E-state index contributed by atoms with van der Waals surface area (Å²) < 4.78 is 5.67. The molecule has 1 rings (SSSR count). The second kappa shape index (κ2) is 7.71.